The van der Waals surface area contributed by atoms with Crippen LogP contribution in [-0.4, -0.2) is 12.4 Å². The van der Waals surface area contributed by atoms with Gasteiger partial charge in [-0.2, -0.15) is 0 Å². The minimum atomic E-state index is -0.131. The van der Waals surface area contributed by atoms with E-state index in [1.165, 1.54) is 0 Å². The number of halogens is 2. The molecule has 5 heteroatoms. The minimum absolute atomic E-state index is 0.131. The summed E-state index contributed by atoms with van der Waals surface area (Å²) in [6, 6.07) is 10.6. The molecule has 0 radical (unpaired) electrons. The molecule has 0 amide bonds. The number of anilines is 1. The molecule has 0 aliphatic carbocycles. The number of rotatable bonds is 4. The average Bonchev–Trinajstić information content (AvgIpc) is 2.43. The third-order valence-electron chi connectivity index (χ3n) is 2.76. The van der Waals surface area contributed by atoms with Gasteiger partial charge in [0.05, 0.1) is 16.6 Å². The van der Waals surface area contributed by atoms with Gasteiger partial charge in [-0.3, -0.25) is 4.79 Å². The summed E-state index contributed by atoms with van der Waals surface area (Å²) >= 11 is 6.74. The predicted molar refractivity (Wildman–Crippen MR) is 87.3 cm³/mol. The lowest BCUT2D eigenvalue weighted by Crippen LogP contribution is -2.07. The molecule has 2 aromatic rings. The number of nitrogens with two attached hydrogens (primary N) is 1. The van der Waals surface area contributed by atoms with Crippen LogP contribution in [0, 0.1) is 0 Å². The van der Waals surface area contributed by atoms with Gasteiger partial charge in [0.15, 0.2) is 5.78 Å². The molecule has 0 unspecified atom stereocenters. The maximum Gasteiger partial charge on any atom is 0.198 e. The van der Waals surface area contributed by atoms with Crippen molar-refractivity contribution >= 4 is 43.3 Å². The van der Waals surface area contributed by atoms with Crippen molar-refractivity contribution in [2.45, 2.75) is 6.92 Å². The van der Waals surface area contributed by atoms with E-state index >= 15 is 0 Å². The van der Waals surface area contributed by atoms with Crippen molar-refractivity contribution in [3.63, 3.8) is 0 Å². The molecule has 0 saturated carbocycles. The molecule has 2 aromatic carbocycles. The van der Waals surface area contributed by atoms with Gasteiger partial charge in [-0.05, 0) is 53.2 Å². The first-order valence-electron chi connectivity index (χ1n) is 6.05. The lowest BCUT2D eigenvalue weighted by molar-refractivity contribution is 0.103. The number of hydrogen-bond acceptors (Lipinski definition) is 3. The zero-order valence-corrected chi connectivity index (χ0v) is 14.0. The quantitative estimate of drug-likeness (QED) is 0.612. The number of ether oxygens (including phenoxy) is 1. The van der Waals surface area contributed by atoms with Crippen molar-refractivity contribution in [3.8, 4) is 5.75 Å². The van der Waals surface area contributed by atoms with Crippen molar-refractivity contribution in [1.82, 2.24) is 0 Å². The molecule has 3 nitrogen and oxygen atoms in total. The smallest absolute Gasteiger partial charge is 0.198 e. The highest BCUT2D eigenvalue weighted by molar-refractivity contribution is 9.11. The van der Waals surface area contributed by atoms with Crippen LogP contribution in [0.5, 0.6) is 5.75 Å². The van der Waals surface area contributed by atoms with Crippen LogP contribution in [-0.2, 0) is 0 Å². The highest BCUT2D eigenvalue weighted by atomic mass is 79.9. The summed E-state index contributed by atoms with van der Waals surface area (Å²) in [5.74, 6) is 0.434. The Labute approximate surface area is 134 Å². The SMILES string of the molecule is CCOc1ccc(Br)cc1C(=O)c1cccc(N)c1Br. The fourth-order valence-electron chi connectivity index (χ4n) is 1.83. The van der Waals surface area contributed by atoms with Crippen molar-refractivity contribution in [3.05, 3.63) is 56.5 Å². The second kappa shape index (κ2) is 6.41. The molecule has 0 fully saturated rings. The van der Waals surface area contributed by atoms with Gasteiger partial charge in [0.1, 0.15) is 5.75 Å². The van der Waals surface area contributed by atoms with Gasteiger partial charge in [-0.1, -0.05) is 22.0 Å². The second-order valence-electron chi connectivity index (χ2n) is 4.11. The van der Waals surface area contributed by atoms with Gasteiger partial charge >= 0.3 is 0 Å². The average molecular weight is 399 g/mol. The van der Waals surface area contributed by atoms with E-state index in [1.807, 2.05) is 13.0 Å². The first kappa shape index (κ1) is 15.1. The van der Waals surface area contributed by atoms with E-state index in [1.54, 1.807) is 30.3 Å². The largest absolute Gasteiger partial charge is 0.493 e. The van der Waals surface area contributed by atoms with Gasteiger partial charge in [0.2, 0.25) is 0 Å². The van der Waals surface area contributed by atoms with Crippen molar-refractivity contribution in [1.29, 1.82) is 0 Å². The second-order valence-corrected chi connectivity index (χ2v) is 5.82. The molecule has 0 bridgehead atoms. The van der Waals surface area contributed by atoms with E-state index in [9.17, 15) is 4.79 Å². The Kier molecular flexibility index (Phi) is 4.83. The van der Waals surface area contributed by atoms with Gasteiger partial charge < -0.3 is 10.5 Å². The topological polar surface area (TPSA) is 52.3 Å². The Hall–Kier alpha value is -1.33. The van der Waals surface area contributed by atoms with Crippen LogP contribution >= 0.6 is 31.9 Å². The molecular formula is C15H13Br2NO2. The molecule has 0 spiro atoms. The van der Waals surface area contributed by atoms with Crippen LogP contribution in [0.25, 0.3) is 0 Å². The number of benzene rings is 2. The normalized spacial score (nSPS) is 10.3. The first-order valence-corrected chi connectivity index (χ1v) is 7.64. The molecule has 0 heterocycles. The first-order chi connectivity index (χ1) is 9.54. The van der Waals surface area contributed by atoms with E-state index in [4.69, 9.17) is 10.5 Å². The molecule has 0 saturated heterocycles. The number of carbonyl (C=O) groups excluding carboxylic acids is 1. The van der Waals surface area contributed by atoms with Crippen molar-refractivity contribution in [2.75, 3.05) is 12.3 Å². The Morgan fingerprint density at radius 1 is 1.20 bits per heavy atom. The Morgan fingerprint density at radius 2 is 1.95 bits per heavy atom. The summed E-state index contributed by atoms with van der Waals surface area (Å²) in [5, 5.41) is 0. The highest BCUT2D eigenvalue weighted by Gasteiger charge is 2.18. The van der Waals surface area contributed by atoms with E-state index in [-0.39, 0.29) is 5.78 Å². The lowest BCUT2D eigenvalue weighted by Gasteiger charge is -2.11. The predicted octanol–water partition coefficient (Wildman–Crippen LogP) is 4.42. The summed E-state index contributed by atoms with van der Waals surface area (Å²) in [7, 11) is 0. The van der Waals surface area contributed by atoms with Crippen molar-refractivity contribution in [2.24, 2.45) is 0 Å². The van der Waals surface area contributed by atoms with Gasteiger partial charge in [0, 0.05) is 15.7 Å². The van der Waals surface area contributed by atoms with Crippen LogP contribution in [0.2, 0.25) is 0 Å². The maximum atomic E-state index is 12.7. The molecule has 20 heavy (non-hydrogen) atoms. The minimum Gasteiger partial charge on any atom is -0.493 e. The van der Waals surface area contributed by atoms with Crippen LogP contribution in [0.1, 0.15) is 22.8 Å². The monoisotopic (exact) mass is 397 g/mol. The Balaban J connectivity index is 2.52. The zero-order valence-electron chi connectivity index (χ0n) is 10.8. The Bertz CT molecular complexity index is 656. The van der Waals surface area contributed by atoms with E-state index in [0.29, 0.717) is 33.6 Å². The molecule has 0 atom stereocenters. The van der Waals surface area contributed by atoms with Gasteiger partial charge in [-0.25, -0.2) is 0 Å². The van der Waals surface area contributed by atoms with E-state index in [0.717, 1.165) is 4.47 Å². The molecule has 2 N–H and O–H groups in total. The molecule has 0 aliphatic heterocycles. The fraction of sp³-hybridized carbons (Fsp3) is 0.133. The fourth-order valence-corrected chi connectivity index (χ4v) is 2.64. The molecular weight excluding hydrogens is 386 g/mol. The van der Waals surface area contributed by atoms with Gasteiger partial charge in [0.25, 0.3) is 0 Å². The summed E-state index contributed by atoms with van der Waals surface area (Å²) in [6.45, 7) is 2.38. The summed E-state index contributed by atoms with van der Waals surface area (Å²) < 4.78 is 6.94. The van der Waals surface area contributed by atoms with Crippen molar-refractivity contribution < 1.29 is 9.53 Å². The van der Waals surface area contributed by atoms with E-state index < -0.39 is 0 Å². The molecule has 104 valence electrons. The highest BCUT2D eigenvalue weighted by Crippen LogP contribution is 2.30. The third kappa shape index (κ3) is 3.04. The summed E-state index contributed by atoms with van der Waals surface area (Å²) in [6.07, 6.45) is 0. The third-order valence-corrected chi connectivity index (χ3v) is 4.14. The zero-order chi connectivity index (χ0) is 14.7. The summed E-state index contributed by atoms with van der Waals surface area (Å²) in [4.78, 5) is 12.7. The standard InChI is InChI=1S/C15H13Br2NO2/c1-2-20-13-7-6-9(16)8-11(13)15(19)10-4-3-5-12(18)14(10)17/h3-8H,2,18H2,1H3. The van der Waals surface area contributed by atoms with Crippen LogP contribution in [0.3, 0.4) is 0 Å². The molecule has 0 aliphatic rings. The number of hydrogen-bond donors (Lipinski definition) is 1. The number of nitrogen functional groups attached to an aromatic ring is 1. The number of ketones is 1. The molecule has 0 aromatic heterocycles. The Morgan fingerprint density at radius 3 is 2.65 bits per heavy atom. The van der Waals surface area contributed by atoms with E-state index in [2.05, 4.69) is 31.9 Å². The van der Waals surface area contributed by atoms with Crippen LogP contribution < -0.4 is 10.5 Å². The van der Waals surface area contributed by atoms with Crippen LogP contribution in [0.15, 0.2) is 45.3 Å². The number of carbonyl (C=O) groups is 1. The summed E-state index contributed by atoms with van der Waals surface area (Å²) in [5.41, 5.74) is 7.38. The maximum absolute atomic E-state index is 12.7. The molecule has 2 rings (SSSR count). The lowest BCUT2D eigenvalue weighted by atomic mass is 10.0. The van der Waals surface area contributed by atoms with Gasteiger partial charge in [-0.15, -0.1) is 0 Å². The van der Waals surface area contributed by atoms with Crippen LogP contribution in [0.4, 0.5) is 5.69 Å².